The van der Waals surface area contributed by atoms with Crippen molar-refractivity contribution in [2.24, 2.45) is 0 Å². The number of carbonyl (C=O) groups excluding carboxylic acids is 1. The van der Waals surface area contributed by atoms with Crippen LogP contribution in [0.1, 0.15) is 116 Å². The van der Waals surface area contributed by atoms with Gasteiger partial charge in [-0.3, -0.25) is 14.2 Å². The summed E-state index contributed by atoms with van der Waals surface area (Å²) >= 11 is 0. The first-order valence-electron chi connectivity index (χ1n) is 15.0. The van der Waals surface area contributed by atoms with E-state index in [0.717, 1.165) is 44.2 Å². The second kappa shape index (κ2) is 15.5. The highest BCUT2D eigenvalue weighted by Gasteiger charge is 2.28. The number of rotatable bonds is 16. The van der Waals surface area contributed by atoms with Crippen LogP contribution in [0.3, 0.4) is 0 Å². The van der Waals surface area contributed by atoms with Gasteiger partial charge >= 0.3 is 0 Å². The van der Waals surface area contributed by atoms with Gasteiger partial charge in [0.15, 0.2) is 0 Å². The molecule has 0 aliphatic carbocycles. The van der Waals surface area contributed by atoms with Crippen molar-refractivity contribution in [2.75, 3.05) is 6.54 Å². The van der Waals surface area contributed by atoms with Crippen LogP contribution < -0.4 is 5.56 Å². The van der Waals surface area contributed by atoms with Crippen LogP contribution in [0.2, 0.25) is 0 Å². The van der Waals surface area contributed by atoms with Crippen molar-refractivity contribution in [2.45, 2.75) is 111 Å². The Morgan fingerprint density at radius 1 is 0.842 bits per heavy atom. The number of benzene rings is 2. The second-order valence-corrected chi connectivity index (χ2v) is 10.4. The van der Waals surface area contributed by atoms with Crippen molar-refractivity contribution < 1.29 is 4.79 Å². The van der Waals surface area contributed by atoms with Crippen molar-refractivity contribution >= 4 is 16.8 Å². The van der Waals surface area contributed by atoms with E-state index in [2.05, 4.69) is 39.8 Å². The third kappa shape index (κ3) is 7.55. The van der Waals surface area contributed by atoms with Gasteiger partial charge < -0.3 is 4.90 Å². The van der Waals surface area contributed by atoms with Gasteiger partial charge in [0.1, 0.15) is 5.82 Å². The minimum absolute atomic E-state index is 0.0775. The van der Waals surface area contributed by atoms with Gasteiger partial charge in [-0.15, -0.1) is 0 Å². The lowest BCUT2D eigenvalue weighted by Gasteiger charge is -2.32. The largest absolute Gasteiger partial charge is 0.333 e. The van der Waals surface area contributed by atoms with Crippen LogP contribution in [0.4, 0.5) is 0 Å². The molecule has 0 spiro atoms. The number of hydrogen-bond donors (Lipinski definition) is 0. The minimum Gasteiger partial charge on any atom is -0.333 e. The topological polar surface area (TPSA) is 55.2 Å². The Morgan fingerprint density at radius 3 is 2.16 bits per heavy atom. The summed E-state index contributed by atoms with van der Waals surface area (Å²) < 4.78 is 1.75. The Labute approximate surface area is 229 Å². The molecule has 1 aromatic heterocycles. The van der Waals surface area contributed by atoms with Gasteiger partial charge in [0.2, 0.25) is 5.91 Å². The molecule has 0 aliphatic heterocycles. The predicted molar refractivity (Wildman–Crippen MR) is 159 cm³/mol. The van der Waals surface area contributed by atoms with Gasteiger partial charge in [0.25, 0.3) is 5.56 Å². The fraction of sp³-hybridized carbons (Fsp3) is 0.545. The van der Waals surface area contributed by atoms with Crippen molar-refractivity contribution in [3.05, 3.63) is 70.3 Å². The molecule has 1 heterocycles. The smallest absolute Gasteiger partial charge is 0.266 e. The van der Waals surface area contributed by atoms with Crippen LogP contribution in [0.25, 0.3) is 16.6 Å². The van der Waals surface area contributed by atoms with Crippen LogP contribution in [0, 0.1) is 0 Å². The van der Waals surface area contributed by atoms with E-state index in [1.807, 2.05) is 41.3 Å². The number of fused-ring (bicyclic) bond motifs is 1. The zero-order valence-electron chi connectivity index (χ0n) is 24.0. The molecule has 2 aromatic carbocycles. The average Bonchev–Trinajstić information content (AvgIpc) is 2.94. The molecule has 0 saturated heterocycles. The summed E-state index contributed by atoms with van der Waals surface area (Å²) in [6, 6.07) is 15.5. The van der Waals surface area contributed by atoms with Crippen molar-refractivity contribution in [1.29, 1.82) is 0 Å². The molecule has 0 bridgehead atoms. The number of hydrogen-bond acceptors (Lipinski definition) is 3. The number of aromatic nitrogens is 2. The van der Waals surface area contributed by atoms with Crippen molar-refractivity contribution in [1.82, 2.24) is 14.5 Å². The maximum absolute atomic E-state index is 13.9. The highest BCUT2D eigenvalue weighted by Crippen LogP contribution is 2.28. The predicted octanol–water partition coefficient (Wildman–Crippen LogP) is 8.17. The van der Waals surface area contributed by atoms with Crippen LogP contribution in [-0.4, -0.2) is 26.9 Å². The van der Waals surface area contributed by atoms with Crippen LogP contribution in [-0.2, 0) is 11.2 Å². The van der Waals surface area contributed by atoms with E-state index in [0.29, 0.717) is 36.1 Å². The van der Waals surface area contributed by atoms with Crippen molar-refractivity contribution in [3.8, 4) is 5.69 Å². The molecular formula is C33H47N3O2. The van der Waals surface area contributed by atoms with E-state index in [9.17, 15) is 9.59 Å². The molecule has 0 saturated carbocycles. The number of amides is 1. The zero-order chi connectivity index (χ0) is 27.3. The highest BCUT2D eigenvalue weighted by molar-refractivity contribution is 5.79. The molecule has 38 heavy (non-hydrogen) atoms. The van der Waals surface area contributed by atoms with Gasteiger partial charge in [0.05, 0.1) is 22.6 Å². The average molecular weight is 518 g/mol. The number of nitrogens with zero attached hydrogens (tertiary/aromatic N) is 3. The molecule has 0 N–H and O–H groups in total. The van der Waals surface area contributed by atoms with E-state index in [-0.39, 0.29) is 17.5 Å². The van der Waals surface area contributed by atoms with Gasteiger partial charge in [-0.1, -0.05) is 96.9 Å². The summed E-state index contributed by atoms with van der Waals surface area (Å²) in [6.45, 7) is 9.34. The summed E-state index contributed by atoms with van der Waals surface area (Å²) in [5, 5.41) is 0.599. The molecule has 1 unspecified atom stereocenters. The second-order valence-electron chi connectivity index (χ2n) is 10.4. The van der Waals surface area contributed by atoms with Gasteiger partial charge in [-0.05, 0) is 55.5 Å². The van der Waals surface area contributed by atoms with E-state index in [1.165, 1.54) is 31.2 Å². The third-order valence-electron chi connectivity index (χ3n) is 7.53. The van der Waals surface area contributed by atoms with E-state index in [4.69, 9.17) is 4.98 Å². The molecule has 1 amide bonds. The lowest BCUT2D eigenvalue weighted by molar-refractivity contribution is -0.134. The minimum atomic E-state index is -0.261. The summed E-state index contributed by atoms with van der Waals surface area (Å²) in [7, 11) is 0. The maximum atomic E-state index is 13.9. The molecule has 5 heteroatoms. The molecule has 5 nitrogen and oxygen atoms in total. The fourth-order valence-corrected chi connectivity index (χ4v) is 5.23. The molecule has 0 radical (unpaired) electrons. The van der Waals surface area contributed by atoms with Gasteiger partial charge in [-0.2, -0.15) is 0 Å². The molecule has 206 valence electrons. The van der Waals surface area contributed by atoms with Gasteiger partial charge in [-0.25, -0.2) is 4.98 Å². The number of unbranched alkanes of at least 4 members (excludes halogenated alkanes) is 7. The third-order valence-corrected chi connectivity index (χ3v) is 7.53. The Bertz CT molecular complexity index is 1200. The lowest BCUT2D eigenvalue weighted by atomic mass is 10.1. The normalized spacial score (nSPS) is 12.1. The Morgan fingerprint density at radius 2 is 1.50 bits per heavy atom. The quantitative estimate of drug-likeness (QED) is 0.180. The first-order valence-corrected chi connectivity index (χ1v) is 15.0. The Hall–Kier alpha value is -2.95. The van der Waals surface area contributed by atoms with E-state index < -0.39 is 0 Å². The number of aryl methyl sites for hydroxylation is 1. The van der Waals surface area contributed by atoms with Crippen LogP contribution >= 0.6 is 0 Å². The lowest BCUT2D eigenvalue weighted by Crippen LogP contribution is -2.39. The fourth-order valence-electron chi connectivity index (χ4n) is 5.23. The SMILES string of the molecule is CCCCCCCC(=O)N(CCCCCC)C(CC)c1nc2ccccc2c(=O)n1-c1ccc(CC)cc1. The molecule has 0 aliphatic rings. The Balaban J connectivity index is 2.06. The van der Waals surface area contributed by atoms with E-state index >= 15 is 0 Å². The summed E-state index contributed by atoms with van der Waals surface area (Å²) in [5.74, 6) is 0.843. The molecule has 3 aromatic rings. The highest BCUT2D eigenvalue weighted by atomic mass is 16.2. The number of para-hydroxylation sites is 1. The molecule has 3 rings (SSSR count). The molecule has 0 fully saturated rings. The summed E-state index contributed by atoms with van der Waals surface area (Å²) in [4.78, 5) is 34.7. The first kappa shape index (κ1) is 29.6. The van der Waals surface area contributed by atoms with Crippen molar-refractivity contribution in [3.63, 3.8) is 0 Å². The van der Waals surface area contributed by atoms with Crippen LogP contribution in [0.15, 0.2) is 53.3 Å². The first-order chi connectivity index (χ1) is 18.5. The maximum Gasteiger partial charge on any atom is 0.266 e. The molecule has 1 atom stereocenters. The van der Waals surface area contributed by atoms with Gasteiger partial charge in [0, 0.05) is 13.0 Å². The molecular weight excluding hydrogens is 470 g/mol. The van der Waals surface area contributed by atoms with E-state index in [1.54, 1.807) is 4.57 Å². The summed E-state index contributed by atoms with van der Waals surface area (Å²) in [6.07, 6.45) is 12.2. The zero-order valence-corrected chi connectivity index (χ0v) is 24.0. The standard InChI is InChI=1S/C33H47N3O2/c1-5-9-11-13-14-20-31(37)35(25-17-12-10-6-2)30(8-4)32-34-29-19-16-15-18-28(29)33(38)36(32)27-23-21-26(7-3)22-24-27/h15-16,18-19,21-24,30H,5-14,17,20,25H2,1-4H3. The number of carbonyl (C=O) groups is 1. The monoisotopic (exact) mass is 517 g/mol. The van der Waals surface area contributed by atoms with Crippen LogP contribution in [0.5, 0.6) is 0 Å². The summed E-state index contributed by atoms with van der Waals surface area (Å²) in [5.41, 5.74) is 2.63. The Kier molecular flexibility index (Phi) is 12.0.